The van der Waals surface area contributed by atoms with Crippen LogP contribution in [0, 0.1) is 18.8 Å². The summed E-state index contributed by atoms with van der Waals surface area (Å²) < 4.78 is 10.1. The number of aromatic nitrogens is 2. The van der Waals surface area contributed by atoms with Crippen LogP contribution in [0.15, 0.2) is 4.52 Å². The SMILES string of the molecule is Cc1noc(COCC(=O)N2C[C@@H](C)[C@H](C(=O)O)C2)n1. The minimum absolute atomic E-state index is 0.0463. The highest BCUT2D eigenvalue weighted by molar-refractivity contribution is 5.79. The first-order valence-electron chi connectivity index (χ1n) is 6.35. The summed E-state index contributed by atoms with van der Waals surface area (Å²) in [4.78, 5) is 28.3. The Morgan fingerprint density at radius 3 is 2.80 bits per heavy atom. The Balaban J connectivity index is 1.77. The number of hydrogen-bond acceptors (Lipinski definition) is 6. The van der Waals surface area contributed by atoms with Crippen LogP contribution in [0.1, 0.15) is 18.6 Å². The normalized spacial score (nSPS) is 22.2. The maximum Gasteiger partial charge on any atom is 0.308 e. The van der Waals surface area contributed by atoms with Gasteiger partial charge in [0.25, 0.3) is 5.89 Å². The number of ether oxygens (including phenoxy) is 1. The number of hydrogen-bond donors (Lipinski definition) is 1. The largest absolute Gasteiger partial charge is 0.481 e. The van der Waals surface area contributed by atoms with Gasteiger partial charge in [-0.2, -0.15) is 4.98 Å². The molecule has 1 saturated heterocycles. The maximum atomic E-state index is 11.9. The molecule has 8 heteroatoms. The van der Waals surface area contributed by atoms with Crippen molar-refractivity contribution in [2.24, 2.45) is 11.8 Å². The van der Waals surface area contributed by atoms with E-state index in [0.717, 1.165) is 0 Å². The van der Waals surface area contributed by atoms with Crippen LogP contribution in [-0.4, -0.2) is 51.7 Å². The number of aryl methyl sites for hydroxylation is 1. The summed E-state index contributed by atoms with van der Waals surface area (Å²) in [5.41, 5.74) is 0. The van der Waals surface area contributed by atoms with Gasteiger partial charge in [-0.15, -0.1) is 0 Å². The van der Waals surface area contributed by atoms with E-state index in [0.29, 0.717) is 18.3 Å². The van der Waals surface area contributed by atoms with E-state index in [1.165, 1.54) is 4.90 Å². The van der Waals surface area contributed by atoms with Crippen molar-refractivity contribution < 1.29 is 24.0 Å². The fraction of sp³-hybridized carbons (Fsp3) is 0.667. The monoisotopic (exact) mass is 283 g/mol. The van der Waals surface area contributed by atoms with Crippen molar-refractivity contribution in [3.05, 3.63) is 11.7 Å². The van der Waals surface area contributed by atoms with Gasteiger partial charge in [0.05, 0.1) is 5.92 Å². The number of likely N-dealkylation sites (tertiary alicyclic amines) is 1. The molecule has 20 heavy (non-hydrogen) atoms. The second-order valence-corrected chi connectivity index (χ2v) is 4.95. The van der Waals surface area contributed by atoms with Gasteiger partial charge in [0.1, 0.15) is 13.2 Å². The topological polar surface area (TPSA) is 106 Å². The fourth-order valence-corrected chi connectivity index (χ4v) is 2.21. The molecular weight excluding hydrogens is 266 g/mol. The number of carbonyl (C=O) groups excluding carboxylic acids is 1. The first-order valence-corrected chi connectivity index (χ1v) is 6.35. The molecule has 1 fully saturated rings. The molecule has 8 nitrogen and oxygen atoms in total. The van der Waals surface area contributed by atoms with Crippen molar-refractivity contribution in [2.45, 2.75) is 20.5 Å². The molecule has 0 aromatic carbocycles. The van der Waals surface area contributed by atoms with E-state index in [4.69, 9.17) is 14.4 Å². The summed E-state index contributed by atoms with van der Waals surface area (Å²) >= 11 is 0. The zero-order valence-corrected chi connectivity index (χ0v) is 11.4. The Hall–Kier alpha value is -1.96. The molecule has 0 unspecified atom stereocenters. The van der Waals surface area contributed by atoms with Crippen LogP contribution < -0.4 is 0 Å². The summed E-state index contributed by atoms with van der Waals surface area (Å²) in [7, 11) is 0. The van der Waals surface area contributed by atoms with Crippen LogP contribution in [0.25, 0.3) is 0 Å². The molecule has 0 spiro atoms. The molecule has 0 bridgehead atoms. The van der Waals surface area contributed by atoms with Gasteiger partial charge < -0.3 is 19.3 Å². The minimum atomic E-state index is -0.866. The fourth-order valence-electron chi connectivity index (χ4n) is 2.21. The lowest BCUT2D eigenvalue weighted by Crippen LogP contribution is -2.33. The second kappa shape index (κ2) is 6.00. The number of rotatable bonds is 5. The number of carboxylic acid groups (broad SMARTS) is 1. The lowest BCUT2D eigenvalue weighted by molar-refractivity contribution is -0.142. The van der Waals surface area contributed by atoms with Crippen molar-refractivity contribution in [1.29, 1.82) is 0 Å². The predicted molar refractivity (Wildman–Crippen MR) is 65.6 cm³/mol. The molecule has 1 N–H and O–H groups in total. The smallest absolute Gasteiger partial charge is 0.308 e. The average Bonchev–Trinajstić information content (AvgIpc) is 2.95. The Morgan fingerprint density at radius 2 is 2.25 bits per heavy atom. The summed E-state index contributed by atoms with van der Waals surface area (Å²) in [6.45, 7) is 4.14. The van der Waals surface area contributed by atoms with Gasteiger partial charge in [0, 0.05) is 13.1 Å². The third-order valence-electron chi connectivity index (χ3n) is 3.30. The molecule has 2 rings (SSSR count). The van der Waals surface area contributed by atoms with Crippen molar-refractivity contribution in [2.75, 3.05) is 19.7 Å². The van der Waals surface area contributed by atoms with Crippen molar-refractivity contribution in [1.82, 2.24) is 15.0 Å². The van der Waals surface area contributed by atoms with Crippen molar-refractivity contribution >= 4 is 11.9 Å². The zero-order chi connectivity index (χ0) is 14.7. The summed E-state index contributed by atoms with van der Waals surface area (Å²) in [5.74, 6) is -0.819. The van der Waals surface area contributed by atoms with Gasteiger partial charge >= 0.3 is 5.97 Å². The van der Waals surface area contributed by atoms with Crippen LogP contribution in [0.5, 0.6) is 0 Å². The first kappa shape index (κ1) is 14.4. The maximum absolute atomic E-state index is 11.9. The standard InChI is InChI=1S/C12H17N3O5/c1-7-3-15(4-9(7)12(17)18)11(16)6-19-5-10-13-8(2)14-20-10/h7,9H,3-6H2,1-2H3,(H,17,18)/t7-,9-/m1/s1. The molecule has 0 saturated carbocycles. The average molecular weight is 283 g/mol. The number of aliphatic carboxylic acids is 1. The summed E-state index contributed by atoms with van der Waals surface area (Å²) in [6.07, 6.45) is 0. The van der Waals surface area contributed by atoms with E-state index in [1.54, 1.807) is 6.92 Å². The van der Waals surface area contributed by atoms with Gasteiger partial charge in [-0.1, -0.05) is 12.1 Å². The molecule has 1 amide bonds. The lowest BCUT2D eigenvalue weighted by Gasteiger charge is -2.15. The number of carboxylic acids is 1. The number of nitrogens with zero attached hydrogens (tertiary/aromatic N) is 3. The Morgan fingerprint density at radius 1 is 1.50 bits per heavy atom. The van der Waals surface area contributed by atoms with E-state index in [1.807, 2.05) is 6.92 Å². The quantitative estimate of drug-likeness (QED) is 0.815. The molecule has 2 atom stereocenters. The van der Waals surface area contributed by atoms with Crippen LogP contribution in [-0.2, 0) is 20.9 Å². The molecule has 1 aliphatic rings. The molecule has 1 aromatic rings. The van der Waals surface area contributed by atoms with Gasteiger partial charge in [0.15, 0.2) is 5.82 Å². The predicted octanol–water partition coefficient (Wildman–Crippen LogP) is 0.0737. The van der Waals surface area contributed by atoms with E-state index in [-0.39, 0.29) is 31.6 Å². The highest BCUT2D eigenvalue weighted by Crippen LogP contribution is 2.23. The van der Waals surface area contributed by atoms with E-state index < -0.39 is 11.9 Å². The van der Waals surface area contributed by atoms with E-state index in [9.17, 15) is 9.59 Å². The highest BCUT2D eigenvalue weighted by Gasteiger charge is 2.36. The van der Waals surface area contributed by atoms with Gasteiger partial charge in [-0.3, -0.25) is 9.59 Å². The summed E-state index contributed by atoms with van der Waals surface area (Å²) in [6, 6.07) is 0. The molecule has 2 heterocycles. The van der Waals surface area contributed by atoms with Gasteiger partial charge in [-0.05, 0) is 12.8 Å². The Bertz CT molecular complexity index is 501. The molecular formula is C12H17N3O5. The molecule has 1 aromatic heterocycles. The van der Waals surface area contributed by atoms with Gasteiger partial charge in [0.2, 0.25) is 5.91 Å². The summed E-state index contributed by atoms with van der Waals surface area (Å²) in [5, 5.41) is 12.6. The molecule has 0 radical (unpaired) electrons. The first-order chi connectivity index (χ1) is 9.47. The third kappa shape index (κ3) is 3.32. The van der Waals surface area contributed by atoms with E-state index in [2.05, 4.69) is 10.1 Å². The second-order valence-electron chi connectivity index (χ2n) is 4.95. The van der Waals surface area contributed by atoms with E-state index >= 15 is 0 Å². The van der Waals surface area contributed by atoms with Gasteiger partial charge in [-0.25, -0.2) is 0 Å². The Kier molecular flexibility index (Phi) is 4.33. The highest BCUT2D eigenvalue weighted by atomic mass is 16.5. The third-order valence-corrected chi connectivity index (χ3v) is 3.30. The van der Waals surface area contributed by atoms with Crippen LogP contribution >= 0.6 is 0 Å². The van der Waals surface area contributed by atoms with Crippen molar-refractivity contribution in [3.63, 3.8) is 0 Å². The molecule has 0 aliphatic carbocycles. The van der Waals surface area contributed by atoms with Crippen LogP contribution in [0.4, 0.5) is 0 Å². The number of carbonyl (C=O) groups is 2. The van der Waals surface area contributed by atoms with Crippen LogP contribution in [0.2, 0.25) is 0 Å². The van der Waals surface area contributed by atoms with Crippen LogP contribution in [0.3, 0.4) is 0 Å². The lowest BCUT2D eigenvalue weighted by atomic mass is 9.99. The number of amides is 1. The Labute approximate surface area is 115 Å². The van der Waals surface area contributed by atoms with Crippen molar-refractivity contribution in [3.8, 4) is 0 Å². The molecule has 110 valence electrons. The minimum Gasteiger partial charge on any atom is -0.481 e. The zero-order valence-electron chi connectivity index (χ0n) is 11.4. The molecule has 1 aliphatic heterocycles.